The van der Waals surface area contributed by atoms with Crippen molar-refractivity contribution in [2.45, 2.75) is 76.7 Å². The van der Waals surface area contributed by atoms with Crippen LogP contribution in [0.25, 0.3) is 0 Å². The highest BCUT2D eigenvalue weighted by atomic mass is 16.7. The van der Waals surface area contributed by atoms with Crippen LogP contribution in [-0.4, -0.2) is 41.9 Å². The molecule has 2 fully saturated rings. The Morgan fingerprint density at radius 2 is 2.10 bits per heavy atom. The van der Waals surface area contributed by atoms with Gasteiger partial charge in [0.25, 0.3) is 0 Å². The summed E-state index contributed by atoms with van der Waals surface area (Å²) in [6, 6.07) is 0. The fraction of sp³-hybridized carbons (Fsp3) is 0.765. The Bertz CT molecular complexity index is 388. The van der Waals surface area contributed by atoms with Gasteiger partial charge in [-0.15, -0.1) is 6.58 Å². The van der Waals surface area contributed by atoms with Gasteiger partial charge in [-0.3, -0.25) is 0 Å². The predicted molar refractivity (Wildman–Crippen MR) is 82.0 cm³/mol. The lowest BCUT2D eigenvalue weighted by Crippen LogP contribution is -2.34. The van der Waals surface area contributed by atoms with E-state index in [1.165, 1.54) is 5.57 Å². The van der Waals surface area contributed by atoms with Crippen molar-refractivity contribution in [2.75, 3.05) is 6.61 Å². The summed E-state index contributed by atoms with van der Waals surface area (Å²) < 4.78 is 17.4. The van der Waals surface area contributed by atoms with Crippen molar-refractivity contribution in [1.82, 2.24) is 0 Å². The second-order valence-electron chi connectivity index (χ2n) is 6.61. The lowest BCUT2D eigenvalue weighted by Gasteiger charge is -2.31. The van der Waals surface area contributed by atoms with E-state index in [9.17, 15) is 5.11 Å². The first-order chi connectivity index (χ1) is 9.88. The third-order valence-electron chi connectivity index (χ3n) is 3.92. The molecule has 4 heteroatoms. The average Bonchev–Trinajstić information content (AvgIpc) is 2.67. The maximum atomic E-state index is 9.95. The van der Waals surface area contributed by atoms with E-state index in [-0.39, 0.29) is 24.4 Å². The van der Waals surface area contributed by atoms with Crippen molar-refractivity contribution in [1.29, 1.82) is 0 Å². The predicted octanol–water partition coefficient (Wildman–Crippen LogP) is 2.96. The zero-order chi connectivity index (χ0) is 15.5. The third kappa shape index (κ3) is 5.22. The fourth-order valence-electron chi connectivity index (χ4n) is 3.08. The molecule has 0 aliphatic carbocycles. The lowest BCUT2D eigenvalue weighted by atomic mass is 9.97. The molecular formula is C17H28O4. The molecule has 2 rings (SSSR count). The summed E-state index contributed by atoms with van der Waals surface area (Å²) in [7, 11) is 0. The van der Waals surface area contributed by atoms with E-state index in [1.54, 1.807) is 0 Å². The van der Waals surface area contributed by atoms with Crippen molar-refractivity contribution in [3.8, 4) is 0 Å². The number of aliphatic hydroxyl groups is 1. The van der Waals surface area contributed by atoms with E-state index in [1.807, 2.05) is 19.9 Å². The zero-order valence-electron chi connectivity index (χ0n) is 13.4. The molecule has 2 aliphatic heterocycles. The minimum Gasteiger partial charge on any atom is -0.393 e. The SMILES string of the molecule is C=CC[C@H]1C[C@@H](O)C[C@@H](/C=C(\C)C[C@H]2COC(C)(C)O2)O1. The van der Waals surface area contributed by atoms with Crippen LogP contribution >= 0.6 is 0 Å². The number of aliphatic hydroxyl groups excluding tert-OH is 1. The first kappa shape index (κ1) is 16.7. The van der Waals surface area contributed by atoms with Crippen LogP contribution in [0.1, 0.15) is 46.5 Å². The fourth-order valence-corrected chi connectivity index (χ4v) is 3.08. The molecule has 0 amide bonds. The third-order valence-corrected chi connectivity index (χ3v) is 3.92. The second kappa shape index (κ2) is 7.05. The standard InChI is InChI=1S/C17H28O4/c1-5-6-14-9-13(18)10-15(20-14)7-12(2)8-16-11-19-17(3,4)21-16/h5,7,13-16,18H,1,6,8-11H2,2-4H3/b12-7+/t13-,14+,15-,16+/m1/s1. The van der Waals surface area contributed by atoms with Gasteiger partial charge in [0.1, 0.15) is 0 Å². The monoisotopic (exact) mass is 296 g/mol. The molecule has 0 bridgehead atoms. The summed E-state index contributed by atoms with van der Waals surface area (Å²) >= 11 is 0. The maximum Gasteiger partial charge on any atom is 0.163 e. The summed E-state index contributed by atoms with van der Waals surface area (Å²) in [5.74, 6) is -0.475. The second-order valence-corrected chi connectivity index (χ2v) is 6.61. The van der Waals surface area contributed by atoms with E-state index >= 15 is 0 Å². The lowest BCUT2D eigenvalue weighted by molar-refractivity contribution is -0.138. The van der Waals surface area contributed by atoms with Gasteiger partial charge in [0.15, 0.2) is 5.79 Å². The van der Waals surface area contributed by atoms with Gasteiger partial charge in [-0.1, -0.05) is 17.7 Å². The van der Waals surface area contributed by atoms with Gasteiger partial charge < -0.3 is 19.3 Å². The maximum absolute atomic E-state index is 9.95. The van der Waals surface area contributed by atoms with Gasteiger partial charge in [-0.2, -0.15) is 0 Å². The normalized spacial score (nSPS) is 36.7. The van der Waals surface area contributed by atoms with Crippen LogP contribution < -0.4 is 0 Å². The van der Waals surface area contributed by atoms with E-state index in [2.05, 4.69) is 19.6 Å². The summed E-state index contributed by atoms with van der Waals surface area (Å²) in [6.45, 7) is 10.3. The van der Waals surface area contributed by atoms with Gasteiger partial charge in [0, 0.05) is 6.42 Å². The molecule has 4 atom stereocenters. The van der Waals surface area contributed by atoms with Crippen LogP contribution in [0.4, 0.5) is 0 Å². The summed E-state index contributed by atoms with van der Waals surface area (Å²) in [5, 5.41) is 9.95. The molecule has 2 aliphatic rings. The van der Waals surface area contributed by atoms with Crippen molar-refractivity contribution >= 4 is 0 Å². The van der Waals surface area contributed by atoms with Crippen molar-refractivity contribution < 1.29 is 19.3 Å². The topological polar surface area (TPSA) is 47.9 Å². The quantitative estimate of drug-likeness (QED) is 0.792. The Morgan fingerprint density at radius 1 is 1.33 bits per heavy atom. The molecule has 4 nitrogen and oxygen atoms in total. The highest BCUT2D eigenvalue weighted by Gasteiger charge is 2.33. The molecule has 0 aromatic heterocycles. The molecule has 0 aromatic carbocycles. The van der Waals surface area contributed by atoms with Gasteiger partial charge >= 0.3 is 0 Å². The van der Waals surface area contributed by atoms with Gasteiger partial charge in [0.05, 0.1) is 31.0 Å². The van der Waals surface area contributed by atoms with Crippen LogP contribution in [0.2, 0.25) is 0 Å². The van der Waals surface area contributed by atoms with Crippen LogP contribution in [0.5, 0.6) is 0 Å². The minimum absolute atomic E-state index is 0.0194. The first-order valence-electron chi connectivity index (χ1n) is 7.81. The molecule has 0 radical (unpaired) electrons. The largest absolute Gasteiger partial charge is 0.393 e. The molecule has 2 heterocycles. The van der Waals surface area contributed by atoms with Gasteiger partial charge in [-0.25, -0.2) is 0 Å². The van der Waals surface area contributed by atoms with E-state index in [4.69, 9.17) is 14.2 Å². The first-order valence-corrected chi connectivity index (χ1v) is 7.81. The number of hydrogen-bond donors (Lipinski definition) is 1. The molecule has 120 valence electrons. The Morgan fingerprint density at radius 3 is 2.71 bits per heavy atom. The number of rotatable bonds is 5. The van der Waals surface area contributed by atoms with Crippen molar-refractivity contribution in [2.24, 2.45) is 0 Å². The van der Waals surface area contributed by atoms with Crippen LogP contribution in [0.15, 0.2) is 24.3 Å². The Balaban J connectivity index is 1.87. The molecule has 0 saturated carbocycles. The van der Waals surface area contributed by atoms with Crippen molar-refractivity contribution in [3.63, 3.8) is 0 Å². The van der Waals surface area contributed by atoms with Crippen molar-refractivity contribution in [3.05, 3.63) is 24.3 Å². The van der Waals surface area contributed by atoms with Gasteiger partial charge in [0.2, 0.25) is 0 Å². The molecule has 0 aromatic rings. The van der Waals surface area contributed by atoms with Crippen LogP contribution in [-0.2, 0) is 14.2 Å². The summed E-state index contributed by atoms with van der Waals surface area (Å²) in [5.41, 5.74) is 1.22. The molecule has 0 unspecified atom stereocenters. The highest BCUT2D eigenvalue weighted by Crippen LogP contribution is 2.28. The smallest absolute Gasteiger partial charge is 0.163 e. The van der Waals surface area contributed by atoms with Crippen LogP contribution in [0, 0.1) is 0 Å². The highest BCUT2D eigenvalue weighted by molar-refractivity contribution is 5.06. The molecule has 21 heavy (non-hydrogen) atoms. The van der Waals surface area contributed by atoms with E-state index in [0.29, 0.717) is 19.4 Å². The summed E-state index contributed by atoms with van der Waals surface area (Å²) in [4.78, 5) is 0. The Kier molecular flexibility index (Phi) is 5.60. The van der Waals surface area contributed by atoms with Gasteiger partial charge in [-0.05, 0) is 40.0 Å². The van der Waals surface area contributed by atoms with E-state index in [0.717, 1.165) is 12.8 Å². The molecule has 0 spiro atoms. The molecule has 2 saturated heterocycles. The molecular weight excluding hydrogens is 268 g/mol. The minimum atomic E-state index is -0.475. The number of ether oxygens (including phenoxy) is 3. The zero-order valence-corrected chi connectivity index (χ0v) is 13.4. The Hall–Kier alpha value is -0.680. The average molecular weight is 296 g/mol. The summed E-state index contributed by atoms with van der Waals surface area (Å²) in [6.07, 6.45) is 6.83. The van der Waals surface area contributed by atoms with E-state index < -0.39 is 5.79 Å². The molecule has 1 N–H and O–H groups in total. The van der Waals surface area contributed by atoms with Crippen LogP contribution in [0.3, 0.4) is 0 Å². The number of hydrogen-bond acceptors (Lipinski definition) is 4. The Labute approximate surface area is 127 Å².